The highest BCUT2D eigenvalue weighted by Crippen LogP contribution is 2.26. The molecule has 3 nitrogen and oxygen atoms in total. The summed E-state index contributed by atoms with van der Waals surface area (Å²) in [7, 11) is 0. The van der Waals surface area contributed by atoms with Gasteiger partial charge in [0.15, 0.2) is 0 Å². The smallest absolute Gasteiger partial charge is 0.123 e. The molecule has 0 spiro atoms. The Morgan fingerprint density at radius 3 is 2.21 bits per heavy atom. The van der Waals surface area contributed by atoms with E-state index in [0.29, 0.717) is 0 Å². The van der Waals surface area contributed by atoms with E-state index >= 15 is 0 Å². The van der Waals surface area contributed by atoms with Crippen molar-refractivity contribution in [3.63, 3.8) is 0 Å². The lowest BCUT2D eigenvalue weighted by atomic mass is 10.1. The minimum absolute atomic E-state index is 0.0757. The summed E-state index contributed by atoms with van der Waals surface area (Å²) in [6.45, 7) is 8.47. The zero-order valence-corrected chi connectivity index (χ0v) is 12.0. The highest BCUT2D eigenvalue weighted by molar-refractivity contribution is 5.48. The lowest BCUT2D eigenvalue weighted by molar-refractivity contribution is 0.294. The molecule has 1 aromatic carbocycles. The Bertz CT molecular complexity index is 422. The molecule has 19 heavy (non-hydrogen) atoms. The van der Waals surface area contributed by atoms with Gasteiger partial charge < -0.3 is 4.90 Å². The number of rotatable bonds is 5. The van der Waals surface area contributed by atoms with Crippen LogP contribution in [-0.4, -0.2) is 31.1 Å². The summed E-state index contributed by atoms with van der Waals surface area (Å²) >= 11 is 0. The summed E-state index contributed by atoms with van der Waals surface area (Å²) in [5.41, 5.74) is 2.37. The molecule has 3 heteroatoms. The number of hydrogen-bond donors (Lipinski definition) is 0. The number of anilines is 1. The molecular formula is C16H23N3. The van der Waals surface area contributed by atoms with Gasteiger partial charge in [0.1, 0.15) is 6.04 Å². The molecule has 0 aliphatic carbocycles. The third-order valence-corrected chi connectivity index (χ3v) is 3.97. The van der Waals surface area contributed by atoms with Gasteiger partial charge in [0, 0.05) is 18.8 Å². The third kappa shape index (κ3) is 3.08. The van der Waals surface area contributed by atoms with Crippen LogP contribution in [0.1, 0.15) is 38.3 Å². The third-order valence-electron chi connectivity index (χ3n) is 3.97. The predicted molar refractivity (Wildman–Crippen MR) is 79.2 cm³/mol. The number of likely N-dealkylation sites (tertiary alicyclic amines) is 1. The Labute approximate surface area is 116 Å². The average Bonchev–Trinajstić information content (AvgIpc) is 2.97. The van der Waals surface area contributed by atoms with Crippen molar-refractivity contribution in [2.75, 3.05) is 31.1 Å². The van der Waals surface area contributed by atoms with E-state index in [0.717, 1.165) is 31.7 Å². The van der Waals surface area contributed by atoms with Gasteiger partial charge in [-0.05, 0) is 57.5 Å². The summed E-state index contributed by atoms with van der Waals surface area (Å²) in [6, 6.07) is 10.9. The topological polar surface area (TPSA) is 30.3 Å². The average molecular weight is 257 g/mol. The molecule has 1 aliphatic rings. The fraction of sp³-hybridized carbons (Fsp3) is 0.562. The van der Waals surface area contributed by atoms with Gasteiger partial charge in [-0.25, -0.2) is 0 Å². The first-order valence-electron chi connectivity index (χ1n) is 7.28. The van der Waals surface area contributed by atoms with E-state index < -0.39 is 0 Å². The molecule has 1 atom stereocenters. The predicted octanol–water partition coefficient (Wildman–Crippen LogP) is 3.19. The zero-order chi connectivity index (χ0) is 13.7. The van der Waals surface area contributed by atoms with Crippen LogP contribution in [0.25, 0.3) is 0 Å². The summed E-state index contributed by atoms with van der Waals surface area (Å²) in [5.74, 6) is 0. The Balaban J connectivity index is 2.14. The lowest BCUT2D eigenvalue weighted by Crippen LogP contribution is -2.25. The van der Waals surface area contributed by atoms with E-state index in [1.807, 2.05) is 0 Å². The van der Waals surface area contributed by atoms with Crippen molar-refractivity contribution in [1.29, 1.82) is 5.26 Å². The molecule has 0 bridgehead atoms. The van der Waals surface area contributed by atoms with Crippen LogP contribution in [0.3, 0.4) is 0 Å². The summed E-state index contributed by atoms with van der Waals surface area (Å²) in [6.07, 6.45) is 2.44. The maximum atomic E-state index is 9.41. The van der Waals surface area contributed by atoms with E-state index in [1.54, 1.807) is 0 Å². The Hall–Kier alpha value is -1.53. The molecule has 1 aliphatic heterocycles. The number of benzene rings is 1. The highest BCUT2D eigenvalue weighted by atomic mass is 15.2. The number of hydrogen-bond acceptors (Lipinski definition) is 3. The quantitative estimate of drug-likeness (QED) is 0.811. The van der Waals surface area contributed by atoms with E-state index in [4.69, 9.17) is 0 Å². The lowest BCUT2D eigenvalue weighted by Gasteiger charge is -2.24. The summed E-state index contributed by atoms with van der Waals surface area (Å²) < 4.78 is 0. The Morgan fingerprint density at radius 1 is 1.16 bits per heavy atom. The van der Waals surface area contributed by atoms with E-state index in [9.17, 15) is 5.26 Å². The van der Waals surface area contributed by atoms with Gasteiger partial charge in [0.05, 0.1) is 6.07 Å². The standard InChI is InChI=1S/C16H23N3/c1-3-18(4-2)15-9-7-14(8-10-15)16(13-17)19-11-5-6-12-19/h7-10,16H,3-6,11-12H2,1-2H3. The van der Waals surface area contributed by atoms with Crippen molar-refractivity contribution in [2.24, 2.45) is 0 Å². The molecular weight excluding hydrogens is 234 g/mol. The second kappa shape index (κ2) is 6.58. The Morgan fingerprint density at radius 2 is 1.74 bits per heavy atom. The van der Waals surface area contributed by atoms with Gasteiger partial charge in [0.25, 0.3) is 0 Å². The summed E-state index contributed by atoms with van der Waals surface area (Å²) in [4.78, 5) is 4.60. The van der Waals surface area contributed by atoms with Crippen molar-refractivity contribution in [3.05, 3.63) is 29.8 Å². The maximum absolute atomic E-state index is 9.41. The minimum Gasteiger partial charge on any atom is -0.372 e. The largest absolute Gasteiger partial charge is 0.372 e. The molecule has 1 unspecified atom stereocenters. The van der Waals surface area contributed by atoms with E-state index in [1.165, 1.54) is 18.5 Å². The van der Waals surface area contributed by atoms with Crippen LogP contribution < -0.4 is 4.90 Å². The van der Waals surface area contributed by atoms with Crippen LogP contribution >= 0.6 is 0 Å². The molecule has 1 heterocycles. The molecule has 1 saturated heterocycles. The van der Waals surface area contributed by atoms with E-state index in [-0.39, 0.29) is 6.04 Å². The van der Waals surface area contributed by atoms with Gasteiger partial charge in [-0.15, -0.1) is 0 Å². The van der Waals surface area contributed by atoms with Crippen LogP contribution in [0.2, 0.25) is 0 Å². The normalized spacial score (nSPS) is 17.1. The molecule has 0 saturated carbocycles. The maximum Gasteiger partial charge on any atom is 0.123 e. The van der Waals surface area contributed by atoms with Crippen LogP contribution in [0.15, 0.2) is 24.3 Å². The fourth-order valence-corrected chi connectivity index (χ4v) is 2.82. The van der Waals surface area contributed by atoms with Gasteiger partial charge in [-0.2, -0.15) is 5.26 Å². The molecule has 0 amide bonds. The van der Waals surface area contributed by atoms with Crippen molar-refractivity contribution in [1.82, 2.24) is 4.90 Å². The molecule has 2 rings (SSSR count). The minimum atomic E-state index is -0.0757. The highest BCUT2D eigenvalue weighted by Gasteiger charge is 2.22. The molecule has 1 fully saturated rings. The molecule has 0 N–H and O–H groups in total. The van der Waals surface area contributed by atoms with Crippen LogP contribution in [-0.2, 0) is 0 Å². The second-order valence-electron chi connectivity index (χ2n) is 5.04. The second-order valence-corrected chi connectivity index (χ2v) is 5.04. The van der Waals surface area contributed by atoms with Crippen LogP contribution in [0.4, 0.5) is 5.69 Å². The number of nitriles is 1. The van der Waals surface area contributed by atoms with Crippen molar-refractivity contribution < 1.29 is 0 Å². The molecule has 1 aromatic rings. The molecule has 0 radical (unpaired) electrons. The van der Waals surface area contributed by atoms with Crippen molar-refractivity contribution >= 4 is 5.69 Å². The fourth-order valence-electron chi connectivity index (χ4n) is 2.82. The van der Waals surface area contributed by atoms with Crippen LogP contribution in [0, 0.1) is 11.3 Å². The number of nitrogens with zero attached hydrogens (tertiary/aromatic N) is 3. The first-order chi connectivity index (χ1) is 9.30. The van der Waals surface area contributed by atoms with Crippen molar-refractivity contribution in [2.45, 2.75) is 32.7 Å². The Kier molecular flexibility index (Phi) is 4.81. The van der Waals surface area contributed by atoms with Crippen molar-refractivity contribution in [3.8, 4) is 6.07 Å². The van der Waals surface area contributed by atoms with Gasteiger partial charge >= 0.3 is 0 Å². The molecule has 0 aromatic heterocycles. The van der Waals surface area contributed by atoms with E-state index in [2.05, 4.69) is 54.0 Å². The monoisotopic (exact) mass is 257 g/mol. The van der Waals surface area contributed by atoms with Gasteiger partial charge in [-0.1, -0.05) is 12.1 Å². The van der Waals surface area contributed by atoms with Gasteiger partial charge in [-0.3, -0.25) is 4.90 Å². The summed E-state index contributed by atoms with van der Waals surface area (Å²) in [5, 5.41) is 9.41. The first-order valence-corrected chi connectivity index (χ1v) is 7.28. The first kappa shape index (κ1) is 13.9. The zero-order valence-electron chi connectivity index (χ0n) is 12.0. The molecule has 102 valence electrons. The van der Waals surface area contributed by atoms with Gasteiger partial charge in [0.2, 0.25) is 0 Å². The van der Waals surface area contributed by atoms with Crippen LogP contribution in [0.5, 0.6) is 0 Å². The SMILES string of the molecule is CCN(CC)c1ccc(C(C#N)N2CCCC2)cc1.